The highest BCUT2D eigenvalue weighted by Gasteiger charge is 2.40. The Kier molecular flexibility index (Phi) is 7.25. The van der Waals surface area contributed by atoms with Crippen LogP contribution in [-0.2, 0) is 28.6 Å². The molecule has 0 radical (unpaired) electrons. The molecule has 1 atom stereocenters. The Morgan fingerprint density at radius 2 is 1.32 bits per heavy atom. The summed E-state index contributed by atoms with van der Waals surface area (Å²) in [7, 11) is 6.89. The molecule has 0 aromatic heterocycles. The second kappa shape index (κ2) is 8.12. The number of nitrogens with zero attached hydrogens (tertiary/aromatic N) is 1. The van der Waals surface area contributed by atoms with Gasteiger partial charge in [-0.3, -0.25) is 14.4 Å². The van der Waals surface area contributed by atoms with E-state index in [2.05, 4.69) is 14.2 Å². The summed E-state index contributed by atoms with van der Waals surface area (Å²) in [6.07, 6.45) is 2.94. The van der Waals surface area contributed by atoms with E-state index in [1.165, 1.54) is 13.2 Å². The van der Waals surface area contributed by atoms with Gasteiger partial charge in [0.2, 0.25) is 0 Å². The lowest BCUT2D eigenvalue weighted by Gasteiger charge is -2.19. The molecular formula is C12H19NO6. The Labute approximate surface area is 112 Å². The molecule has 0 bridgehead atoms. The molecule has 0 spiro atoms. The van der Waals surface area contributed by atoms with Crippen LogP contribution in [0.25, 0.3) is 0 Å². The van der Waals surface area contributed by atoms with E-state index in [-0.39, 0.29) is 0 Å². The molecule has 7 heteroatoms. The van der Waals surface area contributed by atoms with Crippen LogP contribution >= 0.6 is 0 Å². The molecule has 0 rings (SSSR count). The third-order valence-corrected chi connectivity index (χ3v) is 2.33. The number of esters is 3. The van der Waals surface area contributed by atoms with Gasteiger partial charge in [-0.25, -0.2) is 0 Å². The van der Waals surface area contributed by atoms with Gasteiger partial charge in [-0.05, 0) is 6.20 Å². The van der Waals surface area contributed by atoms with Crippen LogP contribution in [0.1, 0.15) is 0 Å². The summed E-state index contributed by atoms with van der Waals surface area (Å²) >= 11 is 0. The van der Waals surface area contributed by atoms with Gasteiger partial charge in [-0.2, -0.15) is 0 Å². The molecule has 0 heterocycles. The van der Waals surface area contributed by atoms with E-state index >= 15 is 0 Å². The minimum absolute atomic E-state index is 0.723. The summed E-state index contributed by atoms with van der Waals surface area (Å²) in [4.78, 5) is 36.6. The first kappa shape index (κ1) is 16.9. The van der Waals surface area contributed by atoms with Gasteiger partial charge in [0, 0.05) is 14.1 Å². The van der Waals surface area contributed by atoms with Crippen LogP contribution in [0.2, 0.25) is 0 Å². The maximum Gasteiger partial charge on any atom is 0.321 e. The highest BCUT2D eigenvalue weighted by Crippen LogP contribution is 2.19. The predicted molar refractivity (Wildman–Crippen MR) is 65.9 cm³/mol. The molecule has 0 aliphatic carbocycles. The number of hydrogen-bond acceptors (Lipinski definition) is 7. The fourth-order valence-corrected chi connectivity index (χ4v) is 1.37. The summed E-state index contributed by atoms with van der Waals surface area (Å²) in [5.74, 6) is -4.93. The van der Waals surface area contributed by atoms with Crippen molar-refractivity contribution in [3.63, 3.8) is 0 Å². The Morgan fingerprint density at radius 1 is 0.895 bits per heavy atom. The van der Waals surface area contributed by atoms with Crippen LogP contribution in [0.15, 0.2) is 12.3 Å². The van der Waals surface area contributed by atoms with Crippen molar-refractivity contribution in [1.29, 1.82) is 0 Å². The fraction of sp³-hybridized carbons (Fsp3) is 0.583. The molecule has 0 fully saturated rings. The van der Waals surface area contributed by atoms with E-state index < -0.39 is 29.7 Å². The number of ether oxygens (including phenoxy) is 3. The smallest absolute Gasteiger partial charge is 0.321 e. The Bertz CT molecular complexity index is 347. The average molecular weight is 273 g/mol. The molecule has 0 aromatic carbocycles. The molecule has 0 aliphatic rings. The van der Waals surface area contributed by atoms with Crippen LogP contribution in [0, 0.1) is 11.8 Å². The zero-order valence-corrected chi connectivity index (χ0v) is 11.7. The molecule has 0 aliphatic heterocycles. The molecule has 19 heavy (non-hydrogen) atoms. The van der Waals surface area contributed by atoms with Crippen molar-refractivity contribution in [2.45, 2.75) is 0 Å². The van der Waals surface area contributed by atoms with Gasteiger partial charge < -0.3 is 19.1 Å². The number of rotatable bonds is 6. The minimum atomic E-state index is -1.39. The first-order valence-electron chi connectivity index (χ1n) is 5.47. The van der Waals surface area contributed by atoms with Gasteiger partial charge in [0.15, 0.2) is 5.92 Å². The molecular weight excluding hydrogens is 254 g/mol. The third kappa shape index (κ3) is 4.99. The molecule has 0 saturated carbocycles. The van der Waals surface area contributed by atoms with Gasteiger partial charge in [0.05, 0.1) is 21.3 Å². The van der Waals surface area contributed by atoms with Crippen LogP contribution in [0.3, 0.4) is 0 Å². The minimum Gasteiger partial charge on any atom is -0.469 e. The summed E-state index contributed by atoms with van der Waals surface area (Å²) < 4.78 is 13.6. The summed E-state index contributed by atoms with van der Waals surface area (Å²) in [6.45, 7) is 0. The summed E-state index contributed by atoms with van der Waals surface area (Å²) in [5, 5.41) is 0. The fourth-order valence-electron chi connectivity index (χ4n) is 1.37. The number of carbonyl (C=O) groups is 3. The zero-order chi connectivity index (χ0) is 15.0. The second-order valence-electron chi connectivity index (χ2n) is 3.88. The van der Waals surface area contributed by atoms with E-state index in [1.54, 1.807) is 25.2 Å². The number of methoxy groups -OCH3 is 3. The Morgan fingerprint density at radius 3 is 1.63 bits per heavy atom. The molecule has 0 N–H and O–H groups in total. The van der Waals surface area contributed by atoms with E-state index in [4.69, 9.17) is 0 Å². The second-order valence-corrected chi connectivity index (χ2v) is 3.88. The monoisotopic (exact) mass is 273 g/mol. The van der Waals surface area contributed by atoms with Crippen LogP contribution in [0.5, 0.6) is 0 Å². The van der Waals surface area contributed by atoms with Crippen molar-refractivity contribution in [3.8, 4) is 0 Å². The standard InChI is InChI=1S/C12H19NO6/c1-13(2)7-6-8(10(14)17-3)9(11(15)18-4)12(16)19-5/h6-9H,1-5H3/b7-6+. The molecule has 7 nitrogen and oxygen atoms in total. The van der Waals surface area contributed by atoms with Crippen molar-refractivity contribution in [2.24, 2.45) is 11.8 Å². The van der Waals surface area contributed by atoms with Crippen molar-refractivity contribution < 1.29 is 28.6 Å². The van der Waals surface area contributed by atoms with Gasteiger partial charge >= 0.3 is 17.9 Å². The van der Waals surface area contributed by atoms with Crippen molar-refractivity contribution in [2.75, 3.05) is 35.4 Å². The lowest BCUT2D eigenvalue weighted by atomic mass is 9.92. The van der Waals surface area contributed by atoms with E-state index in [9.17, 15) is 14.4 Å². The van der Waals surface area contributed by atoms with Crippen molar-refractivity contribution in [1.82, 2.24) is 4.90 Å². The molecule has 108 valence electrons. The normalized spacial score (nSPS) is 12.1. The zero-order valence-electron chi connectivity index (χ0n) is 11.7. The topological polar surface area (TPSA) is 82.1 Å². The average Bonchev–Trinajstić information content (AvgIpc) is 2.40. The van der Waals surface area contributed by atoms with E-state index in [1.807, 2.05) is 0 Å². The summed E-state index contributed by atoms with van der Waals surface area (Å²) in [5.41, 5.74) is 0. The van der Waals surface area contributed by atoms with Gasteiger partial charge in [-0.1, -0.05) is 6.08 Å². The lowest BCUT2D eigenvalue weighted by molar-refractivity contribution is -0.166. The molecule has 0 aromatic rings. The molecule has 1 unspecified atom stereocenters. The number of carbonyl (C=O) groups excluding carboxylic acids is 3. The number of hydrogen-bond donors (Lipinski definition) is 0. The van der Waals surface area contributed by atoms with E-state index in [0.717, 1.165) is 14.2 Å². The van der Waals surface area contributed by atoms with Gasteiger partial charge in [-0.15, -0.1) is 0 Å². The lowest BCUT2D eigenvalue weighted by Crippen LogP contribution is -2.37. The largest absolute Gasteiger partial charge is 0.469 e. The van der Waals surface area contributed by atoms with Crippen LogP contribution < -0.4 is 0 Å². The Hall–Kier alpha value is -2.05. The van der Waals surface area contributed by atoms with Crippen LogP contribution in [0.4, 0.5) is 0 Å². The highest BCUT2D eigenvalue weighted by atomic mass is 16.5. The summed E-state index contributed by atoms with van der Waals surface area (Å²) in [6, 6.07) is 0. The SMILES string of the molecule is COC(=O)C(/C=C/N(C)C)C(C(=O)OC)C(=O)OC. The third-order valence-electron chi connectivity index (χ3n) is 2.33. The van der Waals surface area contributed by atoms with Gasteiger partial charge in [0.25, 0.3) is 0 Å². The maximum absolute atomic E-state index is 11.7. The van der Waals surface area contributed by atoms with Gasteiger partial charge in [0.1, 0.15) is 5.92 Å². The van der Waals surface area contributed by atoms with Crippen LogP contribution in [-0.4, -0.2) is 58.2 Å². The maximum atomic E-state index is 11.7. The predicted octanol–water partition coefficient (Wildman–Crippen LogP) is -0.187. The molecule has 0 saturated heterocycles. The van der Waals surface area contributed by atoms with E-state index in [0.29, 0.717) is 0 Å². The highest BCUT2D eigenvalue weighted by molar-refractivity contribution is 5.99. The van der Waals surface area contributed by atoms with Crippen molar-refractivity contribution >= 4 is 17.9 Å². The first-order chi connectivity index (χ1) is 8.88. The quantitative estimate of drug-likeness (QED) is 0.377. The Balaban J connectivity index is 5.41. The first-order valence-corrected chi connectivity index (χ1v) is 5.47. The molecule has 0 amide bonds. The van der Waals surface area contributed by atoms with Crippen molar-refractivity contribution in [3.05, 3.63) is 12.3 Å².